The van der Waals surface area contributed by atoms with E-state index in [4.69, 9.17) is 22.2 Å². The Bertz CT molecular complexity index is 1020. The Balaban J connectivity index is 1.19. The second-order valence-electron chi connectivity index (χ2n) is 10.5. The molecule has 1 spiro atoms. The number of hydrogen-bond donors (Lipinski definition) is 2. The van der Waals surface area contributed by atoms with Crippen molar-refractivity contribution in [3.05, 3.63) is 12.0 Å². The topological polar surface area (TPSA) is 74.1 Å². The van der Waals surface area contributed by atoms with Crippen LogP contribution < -0.4 is 10.6 Å². The van der Waals surface area contributed by atoms with E-state index < -0.39 is 0 Å². The summed E-state index contributed by atoms with van der Waals surface area (Å²) >= 11 is 5.92. The first kappa shape index (κ1) is 21.8. The number of nitrogens with one attached hydrogen (secondary N) is 2. The van der Waals surface area contributed by atoms with Gasteiger partial charge >= 0.3 is 0 Å². The van der Waals surface area contributed by atoms with Crippen LogP contribution in [0, 0.1) is 0 Å². The summed E-state index contributed by atoms with van der Waals surface area (Å²) in [5.74, 6) is 1.78. The quantitative estimate of drug-likeness (QED) is 0.666. The highest BCUT2D eigenvalue weighted by Crippen LogP contribution is 2.38. The van der Waals surface area contributed by atoms with E-state index in [1.807, 2.05) is 6.20 Å². The van der Waals surface area contributed by atoms with Crippen LogP contribution in [0.25, 0.3) is 11.2 Å². The molecule has 0 aromatic carbocycles. The molecule has 178 valence electrons. The molecule has 33 heavy (non-hydrogen) atoms. The van der Waals surface area contributed by atoms with E-state index in [0.29, 0.717) is 6.04 Å². The molecule has 4 aliphatic rings. The van der Waals surface area contributed by atoms with Gasteiger partial charge in [0, 0.05) is 49.7 Å². The van der Waals surface area contributed by atoms with Gasteiger partial charge in [-0.05, 0) is 52.0 Å². The van der Waals surface area contributed by atoms with Gasteiger partial charge < -0.3 is 15.5 Å². The SMILES string of the molecule is CN1CCN([C@H]2CC[C@@H](Nc3ncc4nc5n(c4n3)C3(CCCCC3=S)CNC5)CC2)CC1. The lowest BCUT2D eigenvalue weighted by Gasteiger charge is -2.43. The van der Waals surface area contributed by atoms with Gasteiger partial charge in [-0.3, -0.25) is 9.47 Å². The first-order valence-electron chi connectivity index (χ1n) is 12.8. The Labute approximate surface area is 201 Å². The number of anilines is 1. The number of likely N-dealkylation sites (N-methyl/N-ethyl adjacent to an activating group) is 1. The van der Waals surface area contributed by atoms with E-state index >= 15 is 0 Å². The zero-order chi connectivity index (χ0) is 22.4. The van der Waals surface area contributed by atoms with Crippen LogP contribution in [0.3, 0.4) is 0 Å². The molecule has 8 nitrogen and oxygen atoms in total. The number of rotatable bonds is 3. The minimum atomic E-state index is -0.165. The maximum Gasteiger partial charge on any atom is 0.224 e. The van der Waals surface area contributed by atoms with Gasteiger partial charge in [0.2, 0.25) is 5.95 Å². The normalized spacial score (nSPS) is 31.7. The van der Waals surface area contributed by atoms with Gasteiger partial charge in [0.15, 0.2) is 5.65 Å². The molecule has 1 unspecified atom stereocenters. The van der Waals surface area contributed by atoms with Gasteiger partial charge in [0.25, 0.3) is 0 Å². The molecule has 2 N–H and O–H groups in total. The monoisotopic (exact) mass is 468 g/mol. The summed E-state index contributed by atoms with van der Waals surface area (Å²) in [4.78, 5) is 20.8. The smallest absolute Gasteiger partial charge is 0.224 e. The van der Waals surface area contributed by atoms with Crippen molar-refractivity contribution in [3.8, 4) is 0 Å². The maximum atomic E-state index is 5.92. The molecule has 9 heteroatoms. The molecule has 2 aliphatic heterocycles. The molecule has 2 aromatic rings. The summed E-state index contributed by atoms with van der Waals surface area (Å²) < 4.78 is 2.36. The van der Waals surface area contributed by atoms with Crippen LogP contribution in [0.5, 0.6) is 0 Å². The summed E-state index contributed by atoms with van der Waals surface area (Å²) in [6.45, 7) is 6.46. The molecule has 1 atom stereocenters. The predicted octanol–water partition coefficient (Wildman–Crippen LogP) is 2.54. The van der Waals surface area contributed by atoms with Crippen molar-refractivity contribution in [2.24, 2.45) is 0 Å². The molecule has 2 saturated carbocycles. The van der Waals surface area contributed by atoms with Gasteiger partial charge in [0.05, 0.1) is 18.3 Å². The average Bonchev–Trinajstić information content (AvgIpc) is 3.21. The van der Waals surface area contributed by atoms with E-state index in [9.17, 15) is 0 Å². The van der Waals surface area contributed by atoms with Crippen molar-refractivity contribution >= 4 is 34.2 Å². The average molecular weight is 469 g/mol. The number of piperazine rings is 1. The van der Waals surface area contributed by atoms with Crippen LogP contribution >= 0.6 is 12.2 Å². The second kappa shape index (κ2) is 8.83. The molecule has 3 fully saturated rings. The summed E-state index contributed by atoms with van der Waals surface area (Å²) in [5.41, 5.74) is 1.66. The molecule has 0 amide bonds. The summed E-state index contributed by atoms with van der Waals surface area (Å²) in [7, 11) is 2.23. The molecule has 1 saturated heterocycles. The van der Waals surface area contributed by atoms with Crippen molar-refractivity contribution in [2.45, 2.75) is 75.5 Å². The van der Waals surface area contributed by atoms with E-state index in [2.05, 4.69) is 37.0 Å². The summed E-state index contributed by atoms with van der Waals surface area (Å²) in [6.07, 6.45) is 11.3. The number of fused-ring (bicyclic) bond motifs is 4. The highest BCUT2D eigenvalue weighted by Gasteiger charge is 2.43. The minimum absolute atomic E-state index is 0.165. The van der Waals surface area contributed by atoms with Gasteiger partial charge in [-0.2, -0.15) is 4.98 Å². The Hall–Kier alpha value is -1.68. The standard InChI is InChI=1S/C24H36N8S/c1-30-10-12-31(13-11-30)18-7-5-17(6-8-18)27-23-26-14-19-22(29-23)32-21(28-19)15-25-16-24(32)9-3-2-4-20(24)33/h14,17-18,25H,2-13,15-16H2,1H3,(H,26,27,29)/t17-,18+,24?. The van der Waals surface area contributed by atoms with E-state index in [0.717, 1.165) is 59.8 Å². The highest BCUT2D eigenvalue weighted by molar-refractivity contribution is 7.80. The first-order chi connectivity index (χ1) is 16.1. The Morgan fingerprint density at radius 2 is 1.91 bits per heavy atom. The van der Waals surface area contributed by atoms with Crippen LogP contribution in [0.1, 0.15) is 57.2 Å². The molecular weight excluding hydrogens is 432 g/mol. The zero-order valence-electron chi connectivity index (χ0n) is 19.7. The summed E-state index contributed by atoms with van der Waals surface area (Å²) in [6, 6.07) is 1.18. The van der Waals surface area contributed by atoms with Crippen molar-refractivity contribution in [3.63, 3.8) is 0 Å². The Morgan fingerprint density at radius 3 is 2.70 bits per heavy atom. The van der Waals surface area contributed by atoms with Gasteiger partial charge in [0.1, 0.15) is 11.3 Å². The van der Waals surface area contributed by atoms with Crippen LogP contribution in [0.4, 0.5) is 5.95 Å². The lowest BCUT2D eigenvalue weighted by atomic mass is 9.80. The molecule has 2 aliphatic carbocycles. The lowest BCUT2D eigenvalue weighted by Crippen LogP contribution is -2.54. The van der Waals surface area contributed by atoms with Crippen molar-refractivity contribution in [1.29, 1.82) is 0 Å². The molecular formula is C24H36N8S. The van der Waals surface area contributed by atoms with Crippen LogP contribution in [0.2, 0.25) is 0 Å². The third-order valence-electron chi connectivity index (χ3n) is 8.45. The van der Waals surface area contributed by atoms with Gasteiger partial charge in [-0.15, -0.1) is 0 Å². The van der Waals surface area contributed by atoms with Crippen molar-refractivity contribution in [2.75, 3.05) is 45.1 Å². The maximum absolute atomic E-state index is 5.92. The zero-order valence-corrected chi connectivity index (χ0v) is 20.5. The summed E-state index contributed by atoms with van der Waals surface area (Å²) in [5, 5.41) is 7.23. The minimum Gasteiger partial charge on any atom is -0.351 e. The Morgan fingerprint density at radius 1 is 1.09 bits per heavy atom. The Kier molecular flexibility index (Phi) is 5.84. The third-order valence-corrected chi connectivity index (χ3v) is 9.03. The fourth-order valence-corrected chi connectivity index (χ4v) is 6.88. The van der Waals surface area contributed by atoms with Crippen LogP contribution in [-0.2, 0) is 12.1 Å². The van der Waals surface area contributed by atoms with E-state index in [1.165, 1.54) is 64.7 Å². The third kappa shape index (κ3) is 3.96. The number of hydrogen-bond acceptors (Lipinski definition) is 8. The van der Waals surface area contributed by atoms with Crippen molar-refractivity contribution in [1.82, 2.24) is 34.6 Å². The van der Waals surface area contributed by atoms with E-state index in [-0.39, 0.29) is 5.54 Å². The molecule has 0 bridgehead atoms. The molecule has 0 radical (unpaired) electrons. The fourth-order valence-electron chi connectivity index (χ4n) is 6.47. The molecule has 6 rings (SSSR count). The van der Waals surface area contributed by atoms with Crippen LogP contribution in [0.15, 0.2) is 6.20 Å². The van der Waals surface area contributed by atoms with Crippen molar-refractivity contribution < 1.29 is 0 Å². The van der Waals surface area contributed by atoms with Crippen LogP contribution in [-0.4, -0.2) is 86.0 Å². The van der Waals surface area contributed by atoms with E-state index in [1.54, 1.807) is 0 Å². The first-order valence-corrected chi connectivity index (χ1v) is 13.2. The predicted molar refractivity (Wildman–Crippen MR) is 135 cm³/mol. The highest BCUT2D eigenvalue weighted by atomic mass is 32.1. The molecule has 2 aromatic heterocycles. The second-order valence-corrected chi connectivity index (χ2v) is 11.0. The number of thiocarbonyl (C=S) groups is 1. The number of aromatic nitrogens is 4. The number of nitrogens with zero attached hydrogens (tertiary/aromatic N) is 6. The lowest BCUT2D eigenvalue weighted by molar-refractivity contribution is 0.0894. The number of imidazole rings is 1. The van der Waals surface area contributed by atoms with Gasteiger partial charge in [-0.1, -0.05) is 18.6 Å². The largest absolute Gasteiger partial charge is 0.351 e. The fraction of sp³-hybridized carbons (Fsp3) is 0.750. The molecule has 4 heterocycles. The van der Waals surface area contributed by atoms with Gasteiger partial charge in [-0.25, -0.2) is 9.97 Å².